The molecule has 0 aliphatic carbocycles. The van der Waals surface area contributed by atoms with Gasteiger partial charge in [0.05, 0.1) is 45.0 Å². The Morgan fingerprint density at radius 2 is 1.90 bits per heavy atom. The number of nitrogens with one attached hydrogen (secondary N) is 2. The minimum Gasteiger partial charge on any atom is -0.345 e. The van der Waals surface area contributed by atoms with Crippen LogP contribution < -0.4 is 15.1 Å². The summed E-state index contributed by atoms with van der Waals surface area (Å²) in [6.45, 7) is 10.8. The van der Waals surface area contributed by atoms with Crippen molar-refractivity contribution in [3.8, 4) is 0 Å². The number of hydrogen-bond acceptors (Lipinski definition) is 4. The lowest BCUT2D eigenvalue weighted by atomic mass is 10.1. The second kappa shape index (κ2) is 8.55. The van der Waals surface area contributed by atoms with Crippen molar-refractivity contribution in [1.29, 1.82) is 0 Å². The zero-order valence-corrected chi connectivity index (χ0v) is 17.8. The number of hydrogen-bond donors (Lipinski definition) is 2. The number of aromatic nitrogens is 2. The summed E-state index contributed by atoms with van der Waals surface area (Å²) in [7, 11) is 0. The van der Waals surface area contributed by atoms with Gasteiger partial charge in [-0.15, -0.1) is 0 Å². The van der Waals surface area contributed by atoms with E-state index in [0.717, 1.165) is 67.7 Å². The highest BCUT2D eigenvalue weighted by Crippen LogP contribution is 2.27. The van der Waals surface area contributed by atoms with Crippen molar-refractivity contribution in [2.24, 2.45) is 0 Å². The molecule has 2 aromatic rings. The predicted molar refractivity (Wildman–Crippen MR) is 115 cm³/mol. The Bertz CT molecular complexity index is 879. The maximum atomic E-state index is 12.8. The topological polar surface area (TPSA) is 65.8 Å². The first kappa shape index (κ1) is 19.9. The molecule has 1 aromatic carbocycles. The first-order valence-corrected chi connectivity index (χ1v) is 10.7. The number of urea groups is 1. The molecule has 154 valence electrons. The van der Waals surface area contributed by atoms with Gasteiger partial charge < -0.3 is 20.0 Å². The lowest BCUT2D eigenvalue weighted by Gasteiger charge is -2.36. The number of anilines is 2. The first-order valence-electron chi connectivity index (χ1n) is 10.3. The Balaban J connectivity index is 1.52. The second-order valence-electron chi connectivity index (χ2n) is 7.72. The third kappa shape index (κ3) is 4.46. The summed E-state index contributed by atoms with van der Waals surface area (Å²) in [5, 5.41) is 3.61. The molecule has 0 unspecified atom stereocenters. The van der Waals surface area contributed by atoms with Crippen LogP contribution >= 0.6 is 11.6 Å². The Kier molecular flexibility index (Phi) is 5.87. The monoisotopic (exact) mass is 415 g/mol. The molecular formula is C21H28ClN6O+. The van der Waals surface area contributed by atoms with Gasteiger partial charge in [0.15, 0.2) is 0 Å². The number of piperazine rings is 1. The van der Waals surface area contributed by atoms with Crippen molar-refractivity contribution in [2.75, 3.05) is 49.5 Å². The number of fused-ring (bicyclic) bond motifs is 1. The largest absolute Gasteiger partial charge is 0.345 e. The highest BCUT2D eigenvalue weighted by molar-refractivity contribution is 6.30. The van der Waals surface area contributed by atoms with Crippen molar-refractivity contribution in [3.63, 3.8) is 0 Å². The maximum absolute atomic E-state index is 12.8. The molecule has 0 saturated carbocycles. The van der Waals surface area contributed by atoms with E-state index in [2.05, 4.69) is 22.1 Å². The van der Waals surface area contributed by atoms with Crippen LogP contribution in [0.4, 0.5) is 16.3 Å². The van der Waals surface area contributed by atoms with Gasteiger partial charge in [-0.25, -0.2) is 14.8 Å². The number of carbonyl (C=O) groups excluding carboxylic acids is 1. The zero-order valence-electron chi connectivity index (χ0n) is 17.0. The van der Waals surface area contributed by atoms with Gasteiger partial charge in [0.25, 0.3) is 0 Å². The molecular weight excluding hydrogens is 388 g/mol. The van der Waals surface area contributed by atoms with Gasteiger partial charge in [-0.05, 0) is 38.1 Å². The second-order valence-corrected chi connectivity index (χ2v) is 8.16. The SMILES string of the molecule is CC[NH+]1CCN(c2nc(C)nc3c2CN(C(=O)Nc2ccc(Cl)cc2)CC3)CC1. The molecule has 2 amide bonds. The van der Waals surface area contributed by atoms with Crippen molar-refractivity contribution in [1.82, 2.24) is 14.9 Å². The molecule has 0 atom stereocenters. The molecule has 1 aromatic heterocycles. The Labute approximate surface area is 176 Å². The van der Waals surface area contributed by atoms with E-state index in [4.69, 9.17) is 16.6 Å². The summed E-state index contributed by atoms with van der Waals surface area (Å²) >= 11 is 5.93. The Hall–Kier alpha value is -2.38. The third-order valence-electron chi connectivity index (χ3n) is 5.80. The minimum atomic E-state index is -0.107. The molecule has 7 nitrogen and oxygen atoms in total. The van der Waals surface area contributed by atoms with Gasteiger partial charge in [0.1, 0.15) is 11.6 Å². The summed E-state index contributed by atoms with van der Waals surface area (Å²) in [6, 6.07) is 7.06. The van der Waals surface area contributed by atoms with Crippen LogP contribution in [0.3, 0.4) is 0 Å². The van der Waals surface area contributed by atoms with E-state index >= 15 is 0 Å². The molecule has 2 N–H and O–H groups in total. The van der Waals surface area contributed by atoms with E-state index in [1.807, 2.05) is 24.0 Å². The number of halogens is 1. The van der Waals surface area contributed by atoms with Crippen LogP contribution in [-0.4, -0.2) is 60.2 Å². The van der Waals surface area contributed by atoms with Crippen LogP contribution in [0.5, 0.6) is 0 Å². The van der Waals surface area contributed by atoms with E-state index in [0.29, 0.717) is 18.1 Å². The van der Waals surface area contributed by atoms with Gasteiger partial charge in [0.2, 0.25) is 0 Å². The average Bonchev–Trinajstić information content (AvgIpc) is 2.74. The van der Waals surface area contributed by atoms with Crippen molar-refractivity contribution < 1.29 is 9.69 Å². The number of nitrogens with zero attached hydrogens (tertiary/aromatic N) is 4. The van der Waals surface area contributed by atoms with Gasteiger partial charge >= 0.3 is 6.03 Å². The Morgan fingerprint density at radius 1 is 1.17 bits per heavy atom. The molecule has 3 heterocycles. The molecule has 0 spiro atoms. The molecule has 2 aliphatic rings. The minimum absolute atomic E-state index is 0.107. The zero-order chi connectivity index (χ0) is 20.4. The average molecular weight is 416 g/mol. The van der Waals surface area contributed by atoms with Crippen LogP contribution in [0, 0.1) is 6.92 Å². The van der Waals surface area contributed by atoms with E-state index in [1.54, 1.807) is 17.0 Å². The number of amides is 2. The smallest absolute Gasteiger partial charge is 0.322 e. The standard InChI is InChI=1S/C21H27ClN6O/c1-3-26-10-12-27(13-11-26)20-18-14-28(9-8-19(18)23-15(2)24-20)21(29)25-17-6-4-16(22)5-7-17/h4-7H,3,8-14H2,1-2H3,(H,25,29)/p+1. The fourth-order valence-electron chi connectivity index (χ4n) is 4.08. The highest BCUT2D eigenvalue weighted by atomic mass is 35.5. The van der Waals surface area contributed by atoms with Crippen LogP contribution in [0.25, 0.3) is 0 Å². The van der Waals surface area contributed by atoms with Gasteiger partial charge in [0, 0.05) is 29.2 Å². The van der Waals surface area contributed by atoms with Crippen LogP contribution in [0.2, 0.25) is 5.02 Å². The molecule has 1 fully saturated rings. The van der Waals surface area contributed by atoms with Crippen molar-refractivity contribution >= 4 is 29.1 Å². The summed E-state index contributed by atoms with van der Waals surface area (Å²) in [4.78, 5) is 28.1. The number of rotatable bonds is 3. The van der Waals surface area contributed by atoms with Gasteiger partial charge in [-0.1, -0.05) is 11.6 Å². The van der Waals surface area contributed by atoms with Gasteiger partial charge in [-0.3, -0.25) is 0 Å². The normalized spacial score (nSPS) is 17.2. The first-order chi connectivity index (χ1) is 14.0. The molecule has 29 heavy (non-hydrogen) atoms. The molecule has 4 rings (SSSR count). The van der Waals surface area contributed by atoms with E-state index < -0.39 is 0 Å². The van der Waals surface area contributed by atoms with Crippen molar-refractivity contribution in [2.45, 2.75) is 26.8 Å². The predicted octanol–water partition coefficient (Wildman–Crippen LogP) is 1.75. The quantitative estimate of drug-likeness (QED) is 0.801. The van der Waals surface area contributed by atoms with Crippen molar-refractivity contribution in [3.05, 3.63) is 46.4 Å². The Morgan fingerprint density at radius 3 is 2.59 bits per heavy atom. The maximum Gasteiger partial charge on any atom is 0.322 e. The van der Waals surface area contributed by atoms with E-state index in [9.17, 15) is 4.79 Å². The third-order valence-corrected chi connectivity index (χ3v) is 6.05. The lowest BCUT2D eigenvalue weighted by Crippen LogP contribution is -3.14. The van der Waals surface area contributed by atoms with Crippen LogP contribution in [-0.2, 0) is 13.0 Å². The van der Waals surface area contributed by atoms with Crippen LogP contribution in [0.1, 0.15) is 24.0 Å². The molecule has 2 aliphatic heterocycles. The van der Waals surface area contributed by atoms with E-state index in [1.165, 1.54) is 0 Å². The summed E-state index contributed by atoms with van der Waals surface area (Å²) < 4.78 is 0. The van der Waals surface area contributed by atoms with Gasteiger partial charge in [-0.2, -0.15) is 0 Å². The highest BCUT2D eigenvalue weighted by Gasteiger charge is 2.29. The van der Waals surface area contributed by atoms with Crippen LogP contribution in [0.15, 0.2) is 24.3 Å². The number of carbonyl (C=O) groups is 1. The number of quaternary nitrogens is 1. The molecule has 0 radical (unpaired) electrons. The summed E-state index contributed by atoms with van der Waals surface area (Å²) in [5.74, 6) is 1.81. The molecule has 1 saturated heterocycles. The number of likely N-dealkylation sites (N-methyl/N-ethyl adjacent to an activating group) is 1. The summed E-state index contributed by atoms with van der Waals surface area (Å²) in [5.41, 5.74) is 2.91. The fraction of sp³-hybridized carbons (Fsp3) is 0.476. The number of benzene rings is 1. The molecule has 8 heteroatoms. The number of aryl methyl sites for hydroxylation is 1. The molecule has 0 bridgehead atoms. The summed E-state index contributed by atoms with van der Waals surface area (Å²) in [6.07, 6.45) is 0.750. The lowest BCUT2D eigenvalue weighted by molar-refractivity contribution is -0.898. The van der Waals surface area contributed by atoms with E-state index in [-0.39, 0.29) is 6.03 Å². The fourth-order valence-corrected chi connectivity index (χ4v) is 4.20.